The Bertz CT molecular complexity index is 1580. The van der Waals surface area contributed by atoms with Gasteiger partial charge in [0.25, 0.3) is 5.56 Å². The quantitative estimate of drug-likeness (QED) is 0.350. The summed E-state index contributed by atoms with van der Waals surface area (Å²) >= 11 is 0. The first-order valence-corrected chi connectivity index (χ1v) is 11.3. The van der Waals surface area contributed by atoms with Crippen molar-refractivity contribution in [3.05, 3.63) is 122 Å². The van der Waals surface area contributed by atoms with Crippen LogP contribution in [0.2, 0.25) is 0 Å². The molecule has 0 aliphatic carbocycles. The van der Waals surface area contributed by atoms with E-state index in [1.807, 2.05) is 0 Å². The van der Waals surface area contributed by atoms with Gasteiger partial charge >= 0.3 is 11.9 Å². The maximum Gasteiger partial charge on any atom is 0.416 e. The number of benzene rings is 3. The van der Waals surface area contributed by atoms with Gasteiger partial charge in [0.05, 0.1) is 31.3 Å². The molecule has 0 fully saturated rings. The van der Waals surface area contributed by atoms with Crippen molar-refractivity contribution in [2.45, 2.75) is 25.3 Å². The number of hydrogen-bond acceptors (Lipinski definition) is 4. The van der Waals surface area contributed by atoms with Crippen LogP contribution in [0.15, 0.2) is 82.5 Å². The second-order valence-corrected chi connectivity index (χ2v) is 8.47. The van der Waals surface area contributed by atoms with Crippen molar-refractivity contribution >= 4 is 0 Å². The van der Waals surface area contributed by atoms with Crippen LogP contribution in [-0.2, 0) is 19.3 Å². The first-order chi connectivity index (χ1) is 18.0. The largest absolute Gasteiger partial charge is 0.494 e. The van der Waals surface area contributed by atoms with Gasteiger partial charge in [0.1, 0.15) is 5.82 Å². The van der Waals surface area contributed by atoms with E-state index < -0.39 is 52.8 Å². The molecule has 0 unspecified atom stereocenters. The van der Waals surface area contributed by atoms with Gasteiger partial charge in [-0.1, -0.05) is 48.5 Å². The number of halogens is 5. The van der Waals surface area contributed by atoms with Gasteiger partial charge in [0, 0.05) is 23.4 Å². The summed E-state index contributed by atoms with van der Waals surface area (Å²) in [7, 11) is 1.22. The Morgan fingerprint density at radius 1 is 0.921 bits per heavy atom. The van der Waals surface area contributed by atoms with Gasteiger partial charge in [-0.3, -0.25) is 13.9 Å². The molecule has 11 heteroatoms. The van der Waals surface area contributed by atoms with Gasteiger partial charge in [0.2, 0.25) is 0 Å². The highest BCUT2D eigenvalue weighted by Gasteiger charge is 2.34. The number of hydrogen-bond donors (Lipinski definition) is 1. The molecular weight excluding hydrogens is 509 g/mol. The molecule has 0 aliphatic heterocycles. The van der Waals surface area contributed by atoms with Gasteiger partial charge in [-0.05, 0) is 23.8 Å². The van der Waals surface area contributed by atoms with Crippen LogP contribution in [0, 0.1) is 11.6 Å². The molecule has 0 saturated heterocycles. The van der Waals surface area contributed by atoms with Crippen molar-refractivity contribution in [3.63, 3.8) is 0 Å². The molecule has 4 aromatic rings. The minimum Gasteiger partial charge on any atom is -0.494 e. The lowest BCUT2D eigenvalue weighted by Gasteiger charge is -2.19. The SMILES string of the molecule is COc1cccc(-c2cn(Cc3c(F)cccc3C(F)(F)F)c(=O)n(C[C@@H](N)c3ccccc3)c2=O)c1F. The average Bonchev–Trinajstić information content (AvgIpc) is 2.89. The topological polar surface area (TPSA) is 79.2 Å². The Labute approximate surface area is 213 Å². The molecule has 198 valence electrons. The summed E-state index contributed by atoms with van der Waals surface area (Å²) in [4.78, 5) is 26.8. The predicted molar refractivity (Wildman–Crippen MR) is 131 cm³/mol. The van der Waals surface area contributed by atoms with Gasteiger partial charge in [-0.15, -0.1) is 0 Å². The molecule has 38 heavy (non-hydrogen) atoms. The summed E-state index contributed by atoms with van der Waals surface area (Å²) in [5.41, 5.74) is 2.16. The van der Waals surface area contributed by atoms with E-state index in [4.69, 9.17) is 10.5 Å². The van der Waals surface area contributed by atoms with Crippen LogP contribution in [0.4, 0.5) is 22.0 Å². The minimum absolute atomic E-state index is 0.194. The van der Waals surface area contributed by atoms with E-state index in [1.54, 1.807) is 30.3 Å². The van der Waals surface area contributed by atoms with Crippen LogP contribution in [0.1, 0.15) is 22.7 Å². The van der Waals surface area contributed by atoms with Crippen LogP contribution >= 0.6 is 0 Å². The molecule has 0 saturated carbocycles. The van der Waals surface area contributed by atoms with Crippen molar-refractivity contribution in [2.75, 3.05) is 7.11 Å². The zero-order valence-corrected chi connectivity index (χ0v) is 20.0. The highest BCUT2D eigenvalue weighted by Crippen LogP contribution is 2.33. The van der Waals surface area contributed by atoms with Crippen LogP contribution in [-0.4, -0.2) is 16.2 Å². The fourth-order valence-corrected chi connectivity index (χ4v) is 4.15. The molecular formula is C27H22F5N3O3. The Morgan fingerprint density at radius 3 is 2.26 bits per heavy atom. The van der Waals surface area contributed by atoms with E-state index in [2.05, 4.69) is 0 Å². The van der Waals surface area contributed by atoms with E-state index >= 15 is 4.39 Å². The Balaban J connectivity index is 1.94. The summed E-state index contributed by atoms with van der Waals surface area (Å²) in [6, 6.07) is 14.0. The lowest BCUT2D eigenvalue weighted by molar-refractivity contribution is -0.138. The van der Waals surface area contributed by atoms with Crippen LogP contribution < -0.4 is 21.7 Å². The molecule has 1 atom stereocenters. The molecule has 0 bridgehead atoms. The number of rotatable bonds is 7. The first-order valence-electron chi connectivity index (χ1n) is 11.3. The number of ether oxygens (including phenoxy) is 1. The third-order valence-corrected chi connectivity index (χ3v) is 6.07. The number of aromatic nitrogens is 2. The maximum atomic E-state index is 15.1. The van der Waals surface area contributed by atoms with Crippen molar-refractivity contribution in [1.29, 1.82) is 0 Å². The van der Waals surface area contributed by atoms with Gasteiger partial charge < -0.3 is 10.5 Å². The lowest BCUT2D eigenvalue weighted by Crippen LogP contribution is -2.43. The van der Waals surface area contributed by atoms with Crippen molar-refractivity contribution in [2.24, 2.45) is 5.73 Å². The number of alkyl halides is 3. The van der Waals surface area contributed by atoms with Crippen LogP contribution in [0.25, 0.3) is 11.1 Å². The van der Waals surface area contributed by atoms with Crippen molar-refractivity contribution in [1.82, 2.24) is 9.13 Å². The van der Waals surface area contributed by atoms with Gasteiger partial charge in [-0.25, -0.2) is 13.6 Å². The fourth-order valence-electron chi connectivity index (χ4n) is 4.15. The molecule has 1 aromatic heterocycles. The molecule has 0 amide bonds. The van der Waals surface area contributed by atoms with E-state index in [1.165, 1.54) is 25.3 Å². The smallest absolute Gasteiger partial charge is 0.416 e. The molecule has 3 aromatic carbocycles. The van der Waals surface area contributed by atoms with Crippen LogP contribution in [0.5, 0.6) is 5.75 Å². The number of nitrogens with zero attached hydrogens (tertiary/aromatic N) is 2. The van der Waals surface area contributed by atoms with E-state index in [0.29, 0.717) is 16.2 Å². The summed E-state index contributed by atoms with van der Waals surface area (Å²) in [6.07, 6.45) is -3.99. The summed E-state index contributed by atoms with van der Waals surface area (Å²) < 4.78 is 77.1. The van der Waals surface area contributed by atoms with Crippen molar-refractivity contribution < 1.29 is 26.7 Å². The van der Waals surface area contributed by atoms with Gasteiger partial charge in [-0.2, -0.15) is 13.2 Å². The molecule has 0 aliphatic rings. The monoisotopic (exact) mass is 531 g/mol. The normalized spacial score (nSPS) is 12.4. The molecule has 2 N–H and O–H groups in total. The molecule has 0 radical (unpaired) electrons. The van der Waals surface area contributed by atoms with Crippen molar-refractivity contribution in [3.8, 4) is 16.9 Å². The number of nitrogens with two attached hydrogens (primary N) is 1. The zero-order chi connectivity index (χ0) is 27.6. The zero-order valence-electron chi connectivity index (χ0n) is 20.0. The van der Waals surface area contributed by atoms with Crippen LogP contribution in [0.3, 0.4) is 0 Å². The molecule has 6 nitrogen and oxygen atoms in total. The average molecular weight is 531 g/mol. The fraction of sp³-hybridized carbons (Fsp3) is 0.185. The Morgan fingerprint density at radius 2 is 1.61 bits per heavy atom. The number of methoxy groups -OCH3 is 1. The van der Waals surface area contributed by atoms with Gasteiger partial charge in [0.15, 0.2) is 11.6 Å². The van der Waals surface area contributed by atoms with E-state index in [0.717, 1.165) is 22.9 Å². The minimum atomic E-state index is -4.91. The summed E-state index contributed by atoms with van der Waals surface area (Å²) in [5, 5.41) is 0. The standard InChI is InChI=1S/C27H22F5N3O3/c1-38-23-12-5-9-17(24(23)29)18-13-34(14-19-20(27(30,31)32)10-6-11-21(19)28)26(37)35(25(18)36)15-22(33)16-7-3-2-4-8-16/h2-13,22H,14-15,33H2,1H3/t22-/m1/s1. The second kappa shape index (κ2) is 10.6. The maximum absolute atomic E-state index is 15.1. The Kier molecular flexibility index (Phi) is 7.49. The summed E-state index contributed by atoms with van der Waals surface area (Å²) in [5.74, 6) is -2.31. The predicted octanol–water partition coefficient (Wildman–Crippen LogP) is 4.73. The lowest BCUT2D eigenvalue weighted by atomic mass is 10.0. The highest BCUT2D eigenvalue weighted by atomic mass is 19.4. The third kappa shape index (κ3) is 5.23. The second-order valence-electron chi connectivity index (χ2n) is 8.47. The first kappa shape index (κ1) is 26.8. The molecule has 1 heterocycles. The molecule has 4 rings (SSSR count). The molecule has 0 spiro atoms. The highest BCUT2D eigenvalue weighted by molar-refractivity contribution is 5.64. The third-order valence-electron chi connectivity index (χ3n) is 6.07. The van der Waals surface area contributed by atoms with E-state index in [9.17, 15) is 27.2 Å². The summed E-state index contributed by atoms with van der Waals surface area (Å²) in [6.45, 7) is -1.25. The van der Waals surface area contributed by atoms with E-state index in [-0.39, 0.29) is 23.4 Å². The Hall–Kier alpha value is -4.25.